The lowest BCUT2D eigenvalue weighted by atomic mass is 10.1. The van der Waals surface area contributed by atoms with Crippen LogP contribution in [0.2, 0.25) is 0 Å². The number of piperazine rings is 1. The highest BCUT2D eigenvalue weighted by Crippen LogP contribution is 2.26. The average Bonchev–Trinajstić information content (AvgIpc) is 2.59. The minimum absolute atomic E-state index is 0.125. The van der Waals surface area contributed by atoms with Crippen molar-refractivity contribution in [1.29, 1.82) is 0 Å². The number of hydrogen-bond acceptors (Lipinski definition) is 5. The summed E-state index contributed by atoms with van der Waals surface area (Å²) in [5.74, 6) is 2.52. The molecule has 1 saturated heterocycles. The molecule has 2 rings (SSSR count). The van der Waals surface area contributed by atoms with Crippen molar-refractivity contribution >= 4 is 17.7 Å². The molecule has 6 heteroatoms. The molecule has 1 aliphatic heterocycles. The molecule has 140 valence electrons. The van der Waals surface area contributed by atoms with Crippen molar-refractivity contribution in [2.24, 2.45) is 0 Å². The highest BCUT2D eigenvalue weighted by atomic mass is 32.2. The first kappa shape index (κ1) is 19.9. The van der Waals surface area contributed by atoms with Gasteiger partial charge in [0, 0.05) is 43.0 Å². The van der Waals surface area contributed by atoms with Crippen LogP contribution < -0.4 is 9.47 Å². The maximum atomic E-state index is 12.3. The van der Waals surface area contributed by atoms with Gasteiger partial charge in [0.05, 0.1) is 20.0 Å². The normalized spacial score (nSPS) is 16.0. The van der Waals surface area contributed by atoms with Crippen molar-refractivity contribution in [3.05, 3.63) is 23.8 Å². The fraction of sp³-hybridized carbons (Fsp3) is 0.632. The van der Waals surface area contributed by atoms with Crippen molar-refractivity contribution in [3.63, 3.8) is 0 Å². The first-order valence-electron chi connectivity index (χ1n) is 8.67. The van der Waals surface area contributed by atoms with Crippen molar-refractivity contribution in [2.75, 3.05) is 46.2 Å². The SMILES string of the molecule is COc1ccc(OC)c(CN2CCN(C(=O)CSC(C)(C)C)CC2)c1. The first-order chi connectivity index (χ1) is 11.8. The minimum Gasteiger partial charge on any atom is -0.497 e. The Morgan fingerprint density at radius 1 is 1.12 bits per heavy atom. The van der Waals surface area contributed by atoms with E-state index in [9.17, 15) is 4.79 Å². The summed E-state index contributed by atoms with van der Waals surface area (Å²) in [5, 5.41) is 0. The van der Waals surface area contributed by atoms with Gasteiger partial charge in [0.25, 0.3) is 0 Å². The van der Waals surface area contributed by atoms with E-state index >= 15 is 0 Å². The number of amides is 1. The van der Waals surface area contributed by atoms with E-state index in [0.717, 1.165) is 49.8 Å². The first-order valence-corrected chi connectivity index (χ1v) is 9.66. The lowest BCUT2D eigenvalue weighted by molar-refractivity contribution is -0.130. The second-order valence-electron chi connectivity index (χ2n) is 7.24. The topological polar surface area (TPSA) is 42.0 Å². The van der Waals surface area contributed by atoms with E-state index in [4.69, 9.17) is 9.47 Å². The Kier molecular flexibility index (Phi) is 7.02. The van der Waals surface area contributed by atoms with E-state index in [0.29, 0.717) is 5.75 Å². The van der Waals surface area contributed by atoms with Crippen LogP contribution in [-0.2, 0) is 11.3 Å². The molecule has 0 bridgehead atoms. The molecule has 1 aromatic carbocycles. The van der Waals surface area contributed by atoms with Crippen LogP contribution >= 0.6 is 11.8 Å². The molecule has 0 unspecified atom stereocenters. The van der Waals surface area contributed by atoms with Gasteiger partial charge in [-0.15, -0.1) is 11.8 Å². The lowest BCUT2D eigenvalue weighted by Crippen LogP contribution is -2.49. The summed E-state index contributed by atoms with van der Waals surface area (Å²) in [5.41, 5.74) is 1.12. The zero-order valence-electron chi connectivity index (χ0n) is 16.0. The summed E-state index contributed by atoms with van der Waals surface area (Å²) in [4.78, 5) is 16.7. The van der Waals surface area contributed by atoms with Gasteiger partial charge in [-0.25, -0.2) is 0 Å². The number of rotatable bonds is 6. The molecular formula is C19H30N2O3S. The van der Waals surface area contributed by atoms with Crippen molar-refractivity contribution < 1.29 is 14.3 Å². The summed E-state index contributed by atoms with van der Waals surface area (Å²) < 4.78 is 10.9. The molecule has 0 aromatic heterocycles. The van der Waals surface area contributed by atoms with Gasteiger partial charge in [0.15, 0.2) is 0 Å². The monoisotopic (exact) mass is 366 g/mol. The number of thioether (sulfide) groups is 1. The maximum Gasteiger partial charge on any atom is 0.232 e. The third kappa shape index (κ3) is 6.12. The summed E-state index contributed by atoms with van der Waals surface area (Å²) in [6.07, 6.45) is 0. The molecule has 0 atom stereocenters. The van der Waals surface area contributed by atoms with Gasteiger partial charge in [-0.05, 0) is 18.2 Å². The zero-order chi connectivity index (χ0) is 18.4. The van der Waals surface area contributed by atoms with Crippen LogP contribution in [0.25, 0.3) is 0 Å². The van der Waals surface area contributed by atoms with E-state index in [2.05, 4.69) is 25.7 Å². The van der Waals surface area contributed by atoms with E-state index in [-0.39, 0.29) is 10.7 Å². The van der Waals surface area contributed by atoms with Crippen LogP contribution in [0.1, 0.15) is 26.3 Å². The van der Waals surface area contributed by atoms with Crippen LogP contribution in [0.3, 0.4) is 0 Å². The number of benzene rings is 1. The number of carbonyl (C=O) groups is 1. The standard InChI is InChI=1S/C19H30N2O3S/c1-19(2,3)25-14-18(22)21-10-8-20(9-11-21)13-15-12-16(23-4)6-7-17(15)24-5/h6-7,12H,8-11,13-14H2,1-5H3. The van der Waals surface area contributed by atoms with Gasteiger partial charge in [-0.2, -0.15) is 0 Å². The fourth-order valence-electron chi connectivity index (χ4n) is 2.77. The van der Waals surface area contributed by atoms with E-state index in [1.165, 1.54) is 0 Å². The molecule has 0 saturated carbocycles. The molecule has 0 aliphatic carbocycles. The predicted octanol–water partition coefficient (Wildman–Crippen LogP) is 2.88. The van der Waals surface area contributed by atoms with Gasteiger partial charge in [0.2, 0.25) is 5.91 Å². The van der Waals surface area contributed by atoms with Crippen molar-refractivity contribution in [1.82, 2.24) is 9.80 Å². The quantitative estimate of drug-likeness (QED) is 0.774. The summed E-state index contributed by atoms with van der Waals surface area (Å²) >= 11 is 1.71. The Hall–Kier alpha value is -1.40. The molecule has 0 N–H and O–H groups in total. The molecule has 1 fully saturated rings. The number of hydrogen-bond donors (Lipinski definition) is 0. The number of nitrogens with zero attached hydrogens (tertiary/aromatic N) is 2. The molecule has 1 amide bonds. The molecule has 1 heterocycles. The predicted molar refractivity (Wildman–Crippen MR) is 104 cm³/mol. The highest BCUT2D eigenvalue weighted by Gasteiger charge is 2.23. The third-order valence-corrected chi connectivity index (χ3v) is 5.49. The third-order valence-electron chi connectivity index (χ3n) is 4.24. The summed E-state index contributed by atoms with van der Waals surface area (Å²) in [7, 11) is 3.36. The van der Waals surface area contributed by atoms with E-state index < -0.39 is 0 Å². The van der Waals surface area contributed by atoms with Gasteiger partial charge in [0.1, 0.15) is 11.5 Å². The minimum atomic E-state index is 0.125. The van der Waals surface area contributed by atoms with Crippen molar-refractivity contribution in [3.8, 4) is 11.5 Å². The maximum absolute atomic E-state index is 12.3. The lowest BCUT2D eigenvalue weighted by Gasteiger charge is -2.35. The number of carbonyl (C=O) groups excluding carboxylic acids is 1. The number of methoxy groups -OCH3 is 2. The average molecular weight is 367 g/mol. The van der Waals surface area contributed by atoms with Gasteiger partial charge in [-0.1, -0.05) is 20.8 Å². The van der Waals surface area contributed by atoms with Gasteiger partial charge in [-0.3, -0.25) is 9.69 Å². The fourth-order valence-corrected chi connectivity index (χ4v) is 3.51. The summed E-state index contributed by atoms with van der Waals surface area (Å²) in [6.45, 7) is 10.6. The van der Waals surface area contributed by atoms with Crippen LogP contribution in [0, 0.1) is 0 Å². The molecule has 5 nitrogen and oxygen atoms in total. The number of ether oxygens (including phenoxy) is 2. The summed E-state index contributed by atoms with van der Waals surface area (Å²) in [6, 6.07) is 5.87. The molecule has 1 aliphatic rings. The van der Waals surface area contributed by atoms with Crippen molar-refractivity contribution in [2.45, 2.75) is 32.1 Å². The molecule has 0 spiro atoms. The van der Waals surface area contributed by atoms with Crippen LogP contribution in [0.4, 0.5) is 0 Å². The molecular weight excluding hydrogens is 336 g/mol. The second kappa shape index (κ2) is 8.81. The van der Waals surface area contributed by atoms with E-state index in [1.807, 2.05) is 23.1 Å². The second-order valence-corrected chi connectivity index (χ2v) is 9.04. The smallest absolute Gasteiger partial charge is 0.232 e. The Morgan fingerprint density at radius 2 is 1.80 bits per heavy atom. The Labute approximate surface area is 155 Å². The van der Waals surface area contributed by atoms with E-state index in [1.54, 1.807) is 26.0 Å². The molecule has 25 heavy (non-hydrogen) atoms. The highest BCUT2D eigenvalue weighted by molar-refractivity contribution is 8.01. The van der Waals surface area contributed by atoms with Crippen LogP contribution in [0.5, 0.6) is 11.5 Å². The Bertz CT molecular complexity index is 579. The largest absolute Gasteiger partial charge is 0.497 e. The molecule has 1 aromatic rings. The van der Waals surface area contributed by atoms with Crippen LogP contribution in [0.15, 0.2) is 18.2 Å². The molecule has 0 radical (unpaired) electrons. The Morgan fingerprint density at radius 3 is 2.36 bits per heavy atom. The zero-order valence-corrected chi connectivity index (χ0v) is 16.8. The van der Waals surface area contributed by atoms with Gasteiger partial charge < -0.3 is 14.4 Å². The Balaban J connectivity index is 1.87. The van der Waals surface area contributed by atoms with Gasteiger partial charge >= 0.3 is 0 Å². The van der Waals surface area contributed by atoms with Crippen LogP contribution in [-0.4, -0.2) is 66.6 Å².